The predicted molar refractivity (Wildman–Crippen MR) is 114 cm³/mol. The lowest BCUT2D eigenvalue weighted by Crippen LogP contribution is -2.32. The van der Waals surface area contributed by atoms with Crippen LogP contribution in [0.5, 0.6) is 0 Å². The topological polar surface area (TPSA) is 81.4 Å². The summed E-state index contributed by atoms with van der Waals surface area (Å²) < 4.78 is 24.3. The molecule has 7 heteroatoms. The number of benzene rings is 3. The summed E-state index contributed by atoms with van der Waals surface area (Å²) in [5.74, 6) is -1.29. The van der Waals surface area contributed by atoms with Gasteiger partial charge in [0.1, 0.15) is 11.3 Å². The molecule has 1 amide bonds. The van der Waals surface area contributed by atoms with E-state index in [1.807, 2.05) is 18.2 Å². The lowest BCUT2D eigenvalue weighted by Gasteiger charge is -2.17. The molecule has 4 rings (SSSR count). The number of halogens is 1. The van der Waals surface area contributed by atoms with Gasteiger partial charge in [-0.2, -0.15) is 0 Å². The number of anilines is 1. The number of fused-ring (bicyclic) bond motifs is 1. The molecule has 1 unspecified atom stereocenters. The third-order valence-corrected chi connectivity index (χ3v) is 4.70. The van der Waals surface area contributed by atoms with Gasteiger partial charge in [0.2, 0.25) is 5.89 Å². The van der Waals surface area contributed by atoms with Gasteiger partial charge in [0.05, 0.1) is 11.1 Å². The van der Waals surface area contributed by atoms with E-state index in [1.54, 1.807) is 37.3 Å². The molecule has 1 aromatic heterocycles. The van der Waals surface area contributed by atoms with E-state index in [-0.39, 0.29) is 17.9 Å². The van der Waals surface area contributed by atoms with Crippen molar-refractivity contribution in [1.29, 1.82) is 0 Å². The van der Waals surface area contributed by atoms with Crippen molar-refractivity contribution in [2.24, 2.45) is 0 Å². The van der Waals surface area contributed by atoms with Gasteiger partial charge in [-0.1, -0.05) is 31.2 Å². The first-order valence-electron chi connectivity index (χ1n) is 9.77. The number of para-hydroxylation sites is 2. The molecule has 4 aromatic rings. The summed E-state index contributed by atoms with van der Waals surface area (Å²) in [4.78, 5) is 29.9. The number of oxazole rings is 1. The molecule has 0 aliphatic carbocycles. The Balaban J connectivity index is 1.55. The zero-order valence-electron chi connectivity index (χ0n) is 16.7. The second kappa shape index (κ2) is 8.79. The number of aromatic nitrogens is 1. The zero-order chi connectivity index (χ0) is 21.8. The fourth-order valence-electron chi connectivity index (χ4n) is 3.11. The van der Waals surface area contributed by atoms with Gasteiger partial charge in [-0.25, -0.2) is 14.2 Å². The zero-order valence-corrected chi connectivity index (χ0v) is 16.7. The van der Waals surface area contributed by atoms with E-state index in [0.717, 1.165) is 0 Å². The van der Waals surface area contributed by atoms with Gasteiger partial charge in [0.25, 0.3) is 5.91 Å². The molecule has 0 radical (unpaired) electrons. The van der Waals surface area contributed by atoms with Gasteiger partial charge >= 0.3 is 5.97 Å². The van der Waals surface area contributed by atoms with Gasteiger partial charge in [-0.05, 0) is 55.0 Å². The maximum atomic E-state index is 13.1. The molecule has 0 aliphatic heterocycles. The number of ether oxygens (including phenoxy) is 1. The molecule has 1 atom stereocenters. The predicted octanol–water partition coefficient (Wildman–Crippen LogP) is 5.21. The van der Waals surface area contributed by atoms with Crippen molar-refractivity contribution in [3.63, 3.8) is 0 Å². The van der Waals surface area contributed by atoms with Crippen molar-refractivity contribution in [3.05, 3.63) is 84.2 Å². The van der Waals surface area contributed by atoms with E-state index >= 15 is 0 Å². The van der Waals surface area contributed by atoms with Crippen LogP contribution in [0.1, 0.15) is 23.7 Å². The maximum absolute atomic E-state index is 13.1. The number of carbonyl (C=O) groups is 2. The summed E-state index contributed by atoms with van der Waals surface area (Å²) in [6, 6.07) is 19.4. The Kier molecular flexibility index (Phi) is 5.75. The summed E-state index contributed by atoms with van der Waals surface area (Å²) in [7, 11) is 0. The van der Waals surface area contributed by atoms with Crippen LogP contribution < -0.4 is 5.32 Å². The van der Waals surface area contributed by atoms with Crippen molar-refractivity contribution >= 4 is 28.7 Å². The number of nitrogens with zero attached hydrogens (tertiary/aromatic N) is 1. The van der Waals surface area contributed by atoms with Crippen LogP contribution >= 0.6 is 0 Å². The smallest absolute Gasteiger partial charge is 0.339 e. The van der Waals surface area contributed by atoms with Crippen LogP contribution in [0.2, 0.25) is 0 Å². The molecule has 0 fully saturated rings. The van der Waals surface area contributed by atoms with Crippen molar-refractivity contribution in [3.8, 4) is 11.5 Å². The highest BCUT2D eigenvalue weighted by molar-refractivity contribution is 6.00. The lowest BCUT2D eigenvalue weighted by atomic mass is 10.1. The number of rotatable bonds is 6. The minimum atomic E-state index is -1.02. The molecule has 1 heterocycles. The van der Waals surface area contributed by atoms with Crippen LogP contribution in [0.15, 0.2) is 77.2 Å². The summed E-state index contributed by atoms with van der Waals surface area (Å²) in [5.41, 5.74) is 2.39. The number of hydrogen-bond donors (Lipinski definition) is 1. The molecule has 0 saturated heterocycles. The van der Waals surface area contributed by atoms with Crippen molar-refractivity contribution in [2.75, 3.05) is 5.32 Å². The Morgan fingerprint density at radius 2 is 1.74 bits per heavy atom. The van der Waals surface area contributed by atoms with Crippen LogP contribution in [0.25, 0.3) is 22.6 Å². The summed E-state index contributed by atoms with van der Waals surface area (Å²) in [6.07, 6.45) is -0.752. The Hall–Kier alpha value is -4.00. The van der Waals surface area contributed by atoms with Crippen LogP contribution in [0.3, 0.4) is 0 Å². The highest BCUT2D eigenvalue weighted by Gasteiger charge is 2.25. The largest absolute Gasteiger partial charge is 0.449 e. The second-order valence-electron chi connectivity index (χ2n) is 6.83. The molecule has 3 aromatic carbocycles. The normalized spacial score (nSPS) is 11.8. The fraction of sp³-hybridized carbons (Fsp3) is 0.125. The van der Waals surface area contributed by atoms with E-state index in [0.29, 0.717) is 22.4 Å². The average Bonchev–Trinajstić information content (AvgIpc) is 3.23. The minimum Gasteiger partial charge on any atom is -0.449 e. The molecule has 0 saturated carbocycles. The summed E-state index contributed by atoms with van der Waals surface area (Å²) >= 11 is 0. The van der Waals surface area contributed by atoms with Crippen LogP contribution in [-0.4, -0.2) is 23.0 Å². The van der Waals surface area contributed by atoms with Gasteiger partial charge in [0, 0.05) is 5.69 Å². The molecular formula is C24H19FN2O4. The van der Waals surface area contributed by atoms with Crippen LogP contribution in [0, 0.1) is 5.82 Å². The van der Waals surface area contributed by atoms with E-state index in [1.165, 1.54) is 24.3 Å². The van der Waals surface area contributed by atoms with E-state index in [4.69, 9.17) is 9.15 Å². The fourth-order valence-corrected chi connectivity index (χ4v) is 3.11. The minimum absolute atomic E-state index is 0.238. The number of hydrogen-bond acceptors (Lipinski definition) is 5. The van der Waals surface area contributed by atoms with Crippen molar-refractivity contribution < 1.29 is 23.1 Å². The molecule has 156 valence electrons. The van der Waals surface area contributed by atoms with Crippen LogP contribution in [0.4, 0.5) is 10.1 Å². The SMILES string of the molecule is CCC(OC(=O)c1ccccc1-c1nc2ccccc2o1)C(=O)Nc1ccc(F)cc1. The van der Waals surface area contributed by atoms with Gasteiger partial charge in [-0.3, -0.25) is 4.79 Å². The molecule has 1 N–H and O–H groups in total. The molecule has 31 heavy (non-hydrogen) atoms. The van der Waals surface area contributed by atoms with E-state index in [9.17, 15) is 14.0 Å². The molecular weight excluding hydrogens is 399 g/mol. The first kappa shape index (κ1) is 20.3. The van der Waals surface area contributed by atoms with Gasteiger partial charge in [-0.15, -0.1) is 0 Å². The monoisotopic (exact) mass is 418 g/mol. The van der Waals surface area contributed by atoms with E-state index < -0.39 is 23.8 Å². The highest BCUT2D eigenvalue weighted by Crippen LogP contribution is 2.27. The molecule has 0 bridgehead atoms. The molecule has 0 aliphatic rings. The lowest BCUT2D eigenvalue weighted by molar-refractivity contribution is -0.124. The standard InChI is InChI=1S/C24H19FN2O4/c1-2-20(22(28)26-16-13-11-15(25)12-14-16)31-24(29)18-8-4-3-7-17(18)23-27-19-9-5-6-10-21(19)30-23/h3-14,20H,2H2,1H3,(H,26,28). The number of carbonyl (C=O) groups excluding carboxylic acids is 2. The van der Waals surface area contributed by atoms with Gasteiger partial charge in [0.15, 0.2) is 11.7 Å². The Morgan fingerprint density at radius 1 is 1.03 bits per heavy atom. The first-order chi connectivity index (χ1) is 15.0. The number of esters is 1. The highest BCUT2D eigenvalue weighted by atomic mass is 19.1. The van der Waals surface area contributed by atoms with Gasteiger partial charge < -0.3 is 14.5 Å². The quantitative estimate of drug-likeness (QED) is 0.435. The molecule has 6 nitrogen and oxygen atoms in total. The Labute approximate surface area is 177 Å². The average molecular weight is 418 g/mol. The summed E-state index contributed by atoms with van der Waals surface area (Å²) in [5, 5.41) is 2.63. The second-order valence-corrected chi connectivity index (χ2v) is 6.83. The Bertz CT molecular complexity index is 1200. The Morgan fingerprint density at radius 3 is 2.48 bits per heavy atom. The van der Waals surface area contributed by atoms with Crippen molar-refractivity contribution in [1.82, 2.24) is 4.98 Å². The van der Waals surface area contributed by atoms with Crippen molar-refractivity contribution in [2.45, 2.75) is 19.4 Å². The van der Waals surface area contributed by atoms with E-state index in [2.05, 4.69) is 10.3 Å². The first-order valence-corrected chi connectivity index (χ1v) is 9.77. The number of nitrogens with one attached hydrogen (secondary N) is 1. The van der Waals surface area contributed by atoms with Crippen LogP contribution in [-0.2, 0) is 9.53 Å². The molecule has 0 spiro atoms. The number of amides is 1. The summed E-state index contributed by atoms with van der Waals surface area (Å²) in [6.45, 7) is 1.73. The maximum Gasteiger partial charge on any atom is 0.339 e. The third-order valence-electron chi connectivity index (χ3n) is 4.70. The third kappa shape index (κ3) is 4.45.